The van der Waals surface area contributed by atoms with E-state index in [9.17, 15) is 10.1 Å². The van der Waals surface area contributed by atoms with Crippen molar-refractivity contribution in [2.24, 2.45) is 0 Å². The molecule has 0 radical (unpaired) electrons. The molecular formula is C20H21N5O2. The van der Waals surface area contributed by atoms with Crippen LogP contribution < -0.4 is 5.32 Å². The lowest BCUT2D eigenvalue weighted by atomic mass is 10.0. The molecule has 3 heterocycles. The van der Waals surface area contributed by atoms with Crippen molar-refractivity contribution in [2.45, 2.75) is 38.3 Å². The van der Waals surface area contributed by atoms with Gasteiger partial charge in [-0.25, -0.2) is 4.98 Å². The van der Waals surface area contributed by atoms with Crippen LogP contribution in [0.4, 0.5) is 0 Å². The quantitative estimate of drug-likeness (QED) is 0.772. The molecule has 138 valence electrons. The molecule has 3 aromatic rings. The summed E-state index contributed by atoms with van der Waals surface area (Å²) >= 11 is 0. The SMILES string of the molecule is CNC(=O)Cc1nc2cnc3ccc(C#N)cc3c2n1[C@@H]1CCO[C@H](C)C1. The predicted octanol–water partition coefficient (Wildman–Crippen LogP) is 2.48. The maximum absolute atomic E-state index is 12.1. The molecule has 0 saturated carbocycles. The molecule has 7 heteroatoms. The summed E-state index contributed by atoms with van der Waals surface area (Å²) in [5.74, 6) is 0.641. The van der Waals surface area contributed by atoms with Gasteiger partial charge in [-0.3, -0.25) is 9.78 Å². The van der Waals surface area contributed by atoms with Crippen molar-refractivity contribution in [3.63, 3.8) is 0 Å². The van der Waals surface area contributed by atoms with E-state index in [-0.39, 0.29) is 24.5 Å². The Morgan fingerprint density at radius 2 is 2.30 bits per heavy atom. The lowest BCUT2D eigenvalue weighted by molar-refractivity contribution is -0.120. The van der Waals surface area contributed by atoms with Gasteiger partial charge in [0.05, 0.1) is 41.4 Å². The third-order valence-electron chi connectivity index (χ3n) is 5.14. The Kier molecular flexibility index (Phi) is 4.50. The second-order valence-corrected chi connectivity index (χ2v) is 6.94. The number of likely N-dealkylation sites (N-methyl/N-ethyl adjacent to an activating group) is 1. The van der Waals surface area contributed by atoms with Gasteiger partial charge < -0.3 is 14.6 Å². The van der Waals surface area contributed by atoms with Crippen LogP contribution in [-0.4, -0.2) is 40.2 Å². The highest BCUT2D eigenvalue weighted by Gasteiger charge is 2.27. The smallest absolute Gasteiger partial charge is 0.227 e. The van der Waals surface area contributed by atoms with Gasteiger partial charge in [0.2, 0.25) is 5.91 Å². The number of nitrogens with zero attached hydrogens (tertiary/aromatic N) is 4. The Labute approximate surface area is 157 Å². The Balaban J connectivity index is 1.99. The van der Waals surface area contributed by atoms with E-state index in [1.807, 2.05) is 12.1 Å². The standard InChI is InChI=1S/C20H21N5O2/c1-12-7-14(5-6-27-12)25-18(9-19(26)22-2)24-17-11-23-16-4-3-13(10-21)8-15(16)20(17)25/h3-4,8,11-12,14H,5-7,9H2,1-2H3,(H,22,26)/t12-,14-/m1/s1. The van der Waals surface area contributed by atoms with Gasteiger partial charge in [-0.05, 0) is 38.0 Å². The minimum atomic E-state index is -0.0818. The molecule has 1 aliphatic heterocycles. The number of pyridine rings is 1. The fraction of sp³-hybridized carbons (Fsp3) is 0.400. The Morgan fingerprint density at radius 1 is 1.44 bits per heavy atom. The molecule has 1 aliphatic rings. The molecule has 1 fully saturated rings. The zero-order chi connectivity index (χ0) is 19.0. The van der Waals surface area contributed by atoms with Crippen LogP contribution in [0.15, 0.2) is 24.4 Å². The van der Waals surface area contributed by atoms with Gasteiger partial charge in [0.15, 0.2) is 0 Å². The van der Waals surface area contributed by atoms with Gasteiger partial charge in [-0.1, -0.05) is 0 Å². The van der Waals surface area contributed by atoms with Crippen molar-refractivity contribution in [2.75, 3.05) is 13.7 Å². The number of benzene rings is 1. The maximum Gasteiger partial charge on any atom is 0.227 e. The molecule has 7 nitrogen and oxygen atoms in total. The molecule has 4 rings (SSSR count). The van der Waals surface area contributed by atoms with E-state index in [0.717, 1.165) is 40.6 Å². The topological polar surface area (TPSA) is 92.8 Å². The molecule has 2 atom stereocenters. The monoisotopic (exact) mass is 363 g/mol. The maximum atomic E-state index is 12.1. The Bertz CT molecular complexity index is 1070. The van der Waals surface area contributed by atoms with E-state index in [1.54, 1.807) is 19.3 Å². The number of carbonyl (C=O) groups is 1. The van der Waals surface area contributed by atoms with Crippen molar-refractivity contribution in [3.8, 4) is 6.07 Å². The number of fused-ring (bicyclic) bond motifs is 3. The van der Waals surface area contributed by atoms with Crippen LogP contribution in [0.25, 0.3) is 21.9 Å². The van der Waals surface area contributed by atoms with Crippen LogP contribution in [-0.2, 0) is 16.0 Å². The fourth-order valence-corrected chi connectivity index (χ4v) is 3.85. The number of nitriles is 1. The fourth-order valence-electron chi connectivity index (χ4n) is 3.85. The number of carbonyl (C=O) groups excluding carboxylic acids is 1. The average Bonchev–Trinajstić information content (AvgIpc) is 3.05. The van der Waals surface area contributed by atoms with E-state index in [4.69, 9.17) is 9.72 Å². The summed E-state index contributed by atoms with van der Waals surface area (Å²) in [7, 11) is 1.63. The summed E-state index contributed by atoms with van der Waals surface area (Å²) in [6.07, 6.45) is 3.82. The van der Waals surface area contributed by atoms with Gasteiger partial charge in [-0.2, -0.15) is 5.26 Å². The first-order chi connectivity index (χ1) is 13.1. The zero-order valence-electron chi connectivity index (χ0n) is 15.4. The van der Waals surface area contributed by atoms with Crippen molar-refractivity contribution in [1.82, 2.24) is 19.9 Å². The van der Waals surface area contributed by atoms with E-state index >= 15 is 0 Å². The van der Waals surface area contributed by atoms with Crippen LogP contribution in [0, 0.1) is 11.3 Å². The molecule has 0 bridgehead atoms. The highest BCUT2D eigenvalue weighted by atomic mass is 16.5. The minimum absolute atomic E-state index is 0.0818. The molecule has 1 aromatic carbocycles. The second kappa shape index (κ2) is 6.97. The number of imidazole rings is 1. The van der Waals surface area contributed by atoms with Gasteiger partial charge in [0.1, 0.15) is 11.3 Å². The summed E-state index contributed by atoms with van der Waals surface area (Å²) in [5.41, 5.74) is 3.08. The minimum Gasteiger partial charge on any atom is -0.378 e. The van der Waals surface area contributed by atoms with Crippen LogP contribution >= 0.6 is 0 Å². The Hall–Kier alpha value is -2.98. The molecule has 0 unspecified atom stereocenters. The van der Waals surface area contributed by atoms with Crippen LogP contribution in [0.5, 0.6) is 0 Å². The summed E-state index contributed by atoms with van der Waals surface area (Å²) in [6.45, 7) is 2.74. The molecular weight excluding hydrogens is 342 g/mol. The molecule has 0 spiro atoms. The number of aromatic nitrogens is 3. The number of hydrogen-bond acceptors (Lipinski definition) is 5. The number of amides is 1. The highest BCUT2D eigenvalue weighted by molar-refractivity contribution is 6.03. The first kappa shape index (κ1) is 17.4. The average molecular weight is 363 g/mol. The van der Waals surface area contributed by atoms with Gasteiger partial charge in [0, 0.05) is 25.1 Å². The number of rotatable bonds is 3. The van der Waals surface area contributed by atoms with Gasteiger partial charge in [0.25, 0.3) is 0 Å². The summed E-state index contributed by atoms with van der Waals surface area (Å²) in [5, 5.41) is 12.9. The van der Waals surface area contributed by atoms with E-state index in [2.05, 4.69) is 27.9 Å². The van der Waals surface area contributed by atoms with Crippen molar-refractivity contribution < 1.29 is 9.53 Å². The molecule has 2 aromatic heterocycles. The first-order valence-corrected chi connectivity index (χ1v) is 9.12. The van der Waals surface area contributed by atoms with E-state index < -0.39 is 0 Å². The zero-order valence-corrected chi connectivity index (χ0v) is 15.4. The number of hydrogen-bond donors (Lipinski definition) is 1. The number of ether oxygens (including phenoxy) is 1. The highest BCUT2D eigenvalue weighted by Crippen LogP contribution is 2.33. The van der Waals surface area contributed by atoms with Crippen LogP contribution in [0.3, 0.4) is 0 Å². The van der Waals surface area contributed by atoms with E-state index in [1.165, 1.54) is 0 Å². The molecule has 1 saturated heterocycles. The first-order valence-electron chi connectivity index (χ1n) is 9.12. The molecule has 0 aliphatic carbocycles. The molecule has 1 amide bonds. The van der Waals surface area contributed by atoms with E-state index in [0.29, 0.717) is 12.2 Å². The van der Waals surface area contributed by atoms with Gasteiger partial charge in [-0.15, -0.1) is 0 Å². The van der Waals surface area contributed by atoms with Crippen LogP contribution in [0.1, 0.15) is 37.2 Å². The summed E-state index contributed by atoms with van der Waals surface area (Å²) in [6, 6.07) is 7.87. The number of nitrogens with one attached hydrogen (secondary N) is 1. The molecule has 1 N–H and O–H groups in total. The lowest BCUT2D eigenvalue weighted by Crippen LogP contribution is -2.28. The normalized spacial score (nSPS) is 19.9. The third kappa shape index (κ3) is 3.13. The Morgan fingerprint density at radius 3 is 3.04 bits per heavy atom. The lowest BCUT2D eigenvalue weighted by Gasteiger charge is -2.30. The van der Waals surface area contributed by atoms with Gasteiger partial charge >= 0.3 is 0 Å². The summed E-state index contributed by atoms with van der Waals surface area (Å²) in [4.78, 5) is 21.3. The second-order valence-electron chi connectivity index (χ2n) is 6.94. The largest absolute Gasteiger partial charge is 0.378 e. The summed E-state index contributed by atoms with van der Waals surface area (Å²) < 4.78 is 7.89. The predicted molar refractivity (Wildman–Crippen MR) is 101 cm³/mol. The van der Waals surface area contributed by atoms with Crippen LogP contribution in [0.2, 0.25) is 0 Å². The van der Waals surface area contributed by atoms with Crippen molar-refractivity contribution in [3.05, 3.63) is 35.8 Å². The van der Waals surface area contributed by atoms with Crippen molar-refractivity contribution in [1.29, 1.82) is 5.26 Å². The third-order valence-corrected chi connectivity index (χ3v) is 5.14. The van der Waals surface area contributed by atoms with Crippen molar-refractivity contribution >= 4 is 27.8 Å². The molecule has 27 heavy (non-hydrogen) atoms.